The number of esters is 1. The van der Waals surface area contributed by atoms with Gasteiger partial charge in [0.25, 0.3) is 0 Å². The van der Waals surface area contributed by atoms with E-state index in [-0.39, 0.29) is 16.2 Å². The van der Waals surface area contributed by atoms with E-state index in [1.807, 2.05) is 34.6 Å². The number of hydrogen-bond acceptors (Lipinski definition) is 5. The lowest BCUT2D eigenvalue weighted by molar-refractivity contribution is 0.0470. The third-order valence-corrected chi connectivity index (χ3v) is 6.27. The van der Waals surface area contributed by atoms with Gasteiger partial charge in [-0.2, -0.15) is 0 Å². The molecule has 0 aliphatic carbocycles. The molecule has 0 bridgehead atoms. The van der Waals surface area contributed by atoms with Crippen LogP contribution in [0.3, 0.4) is 0 Å². The van der Waals surface area contributed by atoms with Crippen molar-refractivity contribution in [2.45, 2.75) is 39.5 Å². The van der Waals surface area contributed by atoms with E-state index in [2.05, 4.69) is 0 Å². The predicted molar refractivity (Wildman–Crippen MR) is 104 cm³/mol. The Bertz CT molecular complexity index is 1000. The second kappa shape index (κ2) is 7.64. The highest BCUT2D eigenvalue weighted by Crippen LogP contribution is 2.26. The molecule has 0 saturated carbocycles. The number of carbonyl (C=O) groups excluding carboxylic acids is 2. The molecule has 5 nitrogen and oxygen atoms in total. The molecule has 6 heteroatoms. The Morgan fingerprint density at radius 1 is 0.852 bits per heavy atom. The van der Waals surface area contributed by atoms with Crippen molar-refractivity contribution in [1.29, 1.82) is 0 Å². The average molecular weight is 388 g/mol. The van der Waals surface area contributed by atoms with Gasteiger partial charge in [-0.1, -0.05) is 12.1 Å². The van der Waals surface area contributed by atoms with Crippen LogP contribution in [0.5, 0.6) is 0 Å². The van der Waals surface area contributed by atoms with Crippen molar-refractivity contribution in [1.82, 2.24) is 0 Å². The lowest BCUT2D eigenvalue weighted by Crippen LogP contribution is -2.19. The van der Waals surface area contributed by atoms with Gasteiger partial charge in [0.05, 0.1) is 10.5 Å². The molecular weight excluding hydrogens is 364 g/mol. The number of hydrogen-bond donors (Lipinski definition) is 0. The monoisotopic (exact) mass is 388 g/mol. The van der Waals surface area contributed by atoms with Crippen LogP contribution in [-0.2, 0) is 14.6 Å². The molecule has 0 aromatic heterocycles. The molecule has 2 aromatic rings. The number of benzene rings is 2. The minimum Gasteiger partial charge on any atom is -0.454 e. The van der Waals surface area contributed by atoms with Gasteiger partial charge in [0.15, 0.2) is 16.4 Å². The van der Waals surface area contributed by atoms with Crippen LogP contribution in [0.1, 0.15) is 48.5 Å². The summed E-state index contributed by atoms with van der Waals surface area (Å²) in [6.07, 6.45) is 1.02. The summed E-state index contributed by atoms with van der Waals surface area (Å²) in [6.45, 7) is 9.25. The third-order valence-electron chi connectivity index (χ3n) is 5.12. The van der Waals surface area contributed by atoms with Crippen LogP contribution < -0.4 is 0 Å². The van der Waals surface area contributed by atoms with Crippen molar-refractivity contribution in [3.05, 3.63) is 63.2 Å². The first-order valence-corrected chi connectivity index (χ1v) is 10.4. The zero-order chi connectivity index (χ0) is 20.5. The zero-order valence-electron chi connectivity index (χ0n) is 16.5. The normalized spacial score (nSPS) is 11.3. The summed E-state index contributed by atoms with van der Waals surface area (Å²) in [5.74, 6) is -1.14. The van der Waals surface area contributed by atoms with Gasteiger partial charge in [0.1, 0.15) is 0 Å². The molecule has 0 aliphatic heterocycles. The molecule has 0 radical (unpaired) electrons. The average Bonchev–Trinajstić information content (AvgIpc) is 2.62. The van der Waals surface area contributed by atoms with Crippen LogP contribution in [0.4, 0.5) is 0 Å². The first-order valence-electron chi connectivity index (χ1n) is 8.53. The maximum absolute atomic E-state index is 12.7. The smallest absolute Gasteiger partial charge is 0.339 e. The Morgan fingerprint density at radius 2 is 1.33 bits per heavy atom. The molecule has 0 atom stereocenters. The Kier molecular flexibility index (Phi) is 5.90. The van der Waals surface area contributed by atoms with E-state index < -0.39 is 22.4 Å². The van der Waals surface area contributed by atoms with E-state index in [9.17, 15) is 18.0 Å². The van der Waals surface area contributed by atoms with Crippen molar-refractivity contribution in [2.75, 3.05) is 12.9 Å². The number of carbonyl (C=O) groups is 2. The van der Waals surface area contributed by atoms with Gasteiger partial charge in [-0.25, -0.2) is 13.2 Å². The quantitative estimate of drug-likeness (QED) is 0.577. The lowest BCUT2D eigenvalue weighted by atomic mass is 9.88. The fraction of sp³-hybridized carbons (Fsp3) is 0.333. The summed E-state index contributed by atoms with van der Waals surface area (Å²) < 4.78 is 28.8. The highest BCUT2D eigenvalue weighted by atomic mass is 32.2. The minimum absolute atomic E-state index is 0.0717. The van der Waals surface area contributed by atoms with Gasteiger partial charge in [-0.05, 0) is 74.6 Å². The summed E-state index contributed by atoms with van der Waals surface area (Å²) in [5, 5.41) is 0. The molecule has 2 rings (SSSR count). The molecule has 2 aromatic carbocycles. The summed E-state index contributed by atoms with van der Waals surface area (Å²) in [4.78, 5) is 25.0. The number of rotatable bonds is 5. The Labute approximate surface area is 160 Å². The van der Waals surface area contributed by atoms with E-state index in [0.29, 0.717) is 5.56 Å². The number of sulfone groups is 1. The molecule has 0 aliphatic rings. The molecule has 0 heterocycles. The molecule has 27 heavy (non-hydrogen) atoms. The highest BCUT2D eigenvalue weighted by molar-refractivity contribution is 7.90. The van der Waals surface area contributed by atoms with Crippen LogP contribution in [0.15, 0.2) is 29.2 Å². The summed E-state index contributed by atoms with van der Waals surface area (Å²) in [6, 6.07) is 5.80. The van der Waals surface area contributed by atoms with Gasteiger partial charge < -0.3 is 4.74 Å². The second-order valence-corrected chi connectivity index (χ2v) is 8.75. The van der Waals surface area contributed by atoms with Crippen molar-refractivity contribution < 1.29 is 22.7 Å². The highest BCUT2D eigenvalue weighted by Gasteiger charge is 2.22. The number of Topliss-reactive ketones (excluding diaryl/α,β-unsaturated/α-hetero) is 1. The van der Waals surface area contributed by atoms with Gasteiger partial charge in [-0.3, -0.25) is 4.79 Å². The fourth-order valence-corrected chi connectivity index (χ4v) is 4.03. The topological polar surface area (TPSA) is 77.5 Å². The summed E-state index contributed by atoms with van der Waals surface area (Å²) in [7, 11) is -3.58. The first-order chi connectivity index (χ1) is 12.5. The molecule has 0 saturated heterocycles. The van der Waals surface area contributed by atoms with Crippen molar-refractivity contribution in [2.24, 2.45) is 0 Å². The van der Waals surface area contributed by atoms with Crippen LogP contribution >= 0.6 is 0 Å². The minimum atomic E-state index is -3.58. The molecular formula is C21H24O5S. The lowest BCUT2D eigenvalue weighted by Gasteiger charge is -2.18. The SMILES string of the molecule is Cc1c(C)c(C)c(C(=O)COC(=O)c2ccccc2S(C)(=O)=O)c(C)c1C. The van der Waals surface area contributed by atoms with E-state index in [1.54, 1.807) is 6.07 Å². The summed E-state index contributed by atoms with van der Waals surface area (Å²) in [5.41, 5.74) is 5.43. The van der Waals surface area contributed by atoms with Crippen LogP contribution in [0.2, 0.25) is 0 Å². The second-order valence-electron chi connectivity index (χ2n) is 6.77. The molecule has 0 fully saturated rings. The number of ether oxygens (including phenoxy) is 1. The molecule has 0 unspecified atom stereocenters. The fourth-order valence-electron chi connectivity index (χ4n) is 3.16. The van der Waals surface area contributed by atoms with Crippen molar-refractivity contribution in [3.63, 3.8) is 0 Å². The Hall–Kier alpha value is -2.47. The maximum atomic E-state index is 12.7. The standard InChI is InChI=1S/C21H24O5S/c1-12-13(2)15(4)20(16(5)14(12)3)18(22)11-26-21(23)17-9-7-8-10-19(17)27(6,24)25/h7-10H,11H2,1-6H3. The zero-order valence-corrected chi connectivity index (χ0v) is 17.3. The van der Waals surface area contributed by atoms with Crippen LogP contribution in [0, 0.1) is 34.6 Å². The largest absolute Gasteiger partial charge is 0.454 e. The molecule has 0 amide bonds. The van der Waals surface area contributed by atoms with E-state index in [0.717, 1.165) is 34.1 Å². The van der Waals surface area contributed by atoms with Crippen molar-refractivity contribution >= 4 is 21.6 Å². The van der Waals surface area contributed by atoms with Gasteiger partial charge >= 0.3 is 5.97 Å². The van der Waals surface area contributed by atoms with Gasteiger partial charge in [0.2, 0.25) is 5.78 Å². The molecule has 0 N–H and O–H groups in total. The number of ketones is 1. The van der Waals surface area contributed by atoms with Gasteiger partial charge in [0, 0.05) is 11.8 Å². The van der Waals surface area contributed by atoms with E-state index in [4.69, 9.17) is 4.74 Å². The Morgan fingerprint density at radius 3 is 1.85 bits per heavy atom. The molecule has 144 valence electrons. The third kappa shape index (κ3) is 4.11. The van der Waals surface area contributed by atoms with Crippen LogP contribution in [0.25, 0.3) is 0 Å². The molecule has 0 spiro atoms. The Balaban J connectivity index is 2.29. The van der Waals surface area contributed by atoms with Crippen molar-refractivity contribution in [3.8, 4) is 0 Å². The van der Waals surface area contributed by atoms with Crippen LogP contribution in [-0.4, -0.2) is 33.0 Å². The van der Waals surface area contributed by atoms with E-state index >= 15 is 0 Å². The summed E-state index contributed by atoms with van der Waals surface area (Å²) >= 11 is 0. The maximum Gasteiger partial charge on any atom is 0.339 e. The van der Waals surface area contributed by atoms with E-state index in [1.165, 1.54) is 18.2 Å². The first kappa shape index (κ1) is 20.8. The van der Waals surface area contributed by atoms with Gasteiger partial charge in [-0.15, -0.1) is 0 Å². The predicted octanol–water partition coefficient (Wildman–Crippen LogP) is 3.67.